The zero-order valence-electron chi connectivity index (χ0n) is 14.1. The molecule has 2 aromatic rings. The molecule has 2 rings (SSSR count). The zero-order valence-corrected chi connectivity index (χ0v) is 14.1. The van der Waals surface area contributed by atoms with Gasteiger partial charge in [-0.2, -0.15) is 5.26 Å². The van der Waals surface area contributed by atoms with Crippen molar-refractivity contribution < 1.29 is 19.1 Å². The van der Waals surface area contributed by atoms with Crippen LogP contribution < -0.4 is 10.1 Å². The molecule has 1 amide bonds. The first-order valence-electron chi connectivity index (χ1n) is 7.75. The van der Waals surface area contributed by atoms with E-state index in [2.05, 4.69) is 10.3 Å². The van der Waals surface area contributed by atoms with Crippen molar-refractivity contribution in [3.05, 3.63) is 65.5 Å². The van der Waals surface area contributed by atoms with Crippen LogP contribution in [0.1, 0.15) is 15.9 Å². The number of amides is 1. The summed E-state index contributed by atoms with van der Waals surface area (Å²) >= 11 is 0. The summed E-state index contributed by atoms with van der Waals surface area (Å²) < 4.78 is 10.1. The van der Waals surface area contributed by atoms with Crippen molar-refractivity contribution in [1.29, 1.82) is 5.26 Å². The highest BCUT2D eigenvalue weighted by Gasteiger charge is 2.11. The topological polar surface area (TPSA) is 101 Å². The molecule has 1 aromatic carbocycles. The molecule has 0 atom stereocenters. The zero-order chi connectivity index (χ0) is 18.8. The molecule has 0 saturated heterocycles. The van der Waals surface area contributed by atoms with Gasteiger partial charge in [0.05, 0.1) is 19.2 Å². The number of benzene rings is 1. The molecule has 0 saturated carbocycles. The Bertz CT molecular complexity index is 824. The highest BCUT2D eigenvalue weighted by atomic mass is 16.5. The highest BCUT2D eigenvalue weighted by Crippen LogP contribution is 2.14. The van der Waals surface area contributed by atoms with Crippen LogP contribution in [0.4, 0.5) is 0 Å². The Morgan fingerprint density at radius 2 is 2.04 bits per heavy atom. The predicted octanol–water partition coefficient (Wildman–Crippen LogP) is 1.97. The minimum absolute atomic E-state index is 0.0491. The molecule has 7 nitrogen and oxygen atoms in total. The number of hydrogen-bond donors (Lipinski definition) is 1. The Morgan fingerprint density at radius 3 is 2.65 bits per heavy atom. The number of hydrogen-bond acceptors (Lipinski definition) is 6. The number of nitrogens with one attached hydrogen (secondary N) is 1. The molecule has 0 spiro atoms. The van der Waals surface area contributed by atoms with Gasteiger partial charge in [0.1, 0.15) is 24.0 Å². The van der Waals surface area contributed by atoms with Gasteiger partial charge in [-0.25, -0.2) is 4.79 Å². The Kier molecular flexibility index (Phi) is 6.89. The van der Waals surface area contributed by atoms with E-state index in [1.165, 1.54) is 12.3 Å². The first kappa shape index (κ1) is 18.7. The van der Waals surface area contributed by atoms with E-state index in [1.54, 1.807) is 49.7 Å². The Labute approximate surface area is 150 Å². The van der Waals surface area contributed by atoms with E-state index in [4.69, 9.17) is 14.7 Å². The maximum absolute atomic E-state index is 12.0. The first-order valence-corrected chi connectivity index (χ1v) is 7.75. The van der Waals surface area contributed by atoms with Crippen LogP contribution in [0.25, 0.3) is 6.08 Å². The largest absolute Gasteiger partial charge is 0.497 e. The summed E-state index contributed by atoms with van der Waals surface area (Å²) in [6.07, 6.45) is 4.43. The number of nitriles is 1. The molecule has 1 heterocycles. The van der Waals surface area contributed by atoms with Gasteiger partial charge >= 0.3 is 5.97 Å². The minimum atomic E-state index is -0.751. The van der Waals surface area contributed by atoms with Crippen LogP contribution in [0.2, 0.25) is 0 Å². The van der Waals surface area contributed by atoms with Crippen LogP contribution in [-0.4, -0.2) is 37.1 Å². The van der Waals surface area contributed by atoms with Gasteiger partial charge in [-0.15, -0.1) is 0 Å². The van der Waals surface area contributed by atoms with Gasteiger partial charge in [0.2, 0.25) is 0 Å². The van der Waals surface area contributed by atoms with E-state index in [1.807, 2.05) is 6.07 Å². The summed E-state index contributed by atoms with van der Waals surface area (Å²) in [5.41, 5.74) is 0.953. The lowest BCUT2D eigenvalue weighted by Gasteiger charge is -2.06. The summed E-state index contributed by atoms with van der Waals surface area (Å²) in [5.74, 6) is -0.394. The van der Waals surface area contributed by atoms with Crippen LogP contribution in [0, 0.1) is 11.3 Å². The lowest BCUT2D eigenvalue weighted by molar-refractivity contribution is -0.138. The van der Waals surface area contributed by atoms with Gasteiger partial charge in [-0.3, -0.25) is 9.78 Å². The van der Waals surface area contributed by atoms with Crippen molar-refractivity contribution >= 4 is 18.0 Å². The summed E-state index contributed by atoms with van der Waals surface area (Å²) in [5, 5.41) is 11.7. The molecule has 1 aromatic heterocycles. The van der Waals surface area contributed by atoms with Crippen LogP contribution >= 0.6 is 0 Å². The molecule has 0 aliphatic carbocycles. The van der Waals surface area contributed by atoms with Gasteiger partial charge in [0.15, 0.2) is 0 Å². The van der Waals surface area contributed by atoms with Crippen molar-refractivity contribution in [1.82, 2.24) is 10.3 Å². The second-order valence-corrected chi connectivity index (χ2v) is 5.08. The van der Waals surface area contributed by atoms with E-state index in [0.29, 0.717) is 16.9 Å². The smallest absolute Gasteiger partial charge is 0.348 e. The predicted molar refractivity (Wildman–Crippen MR) is 94.1 cm³/mol. The van der Waals surface area contributed by atoms with Crippen molar-refractivity contribution in [3.63, 3.8) is 0 Å². The standard InChI is InChI=1S/C19H17N3O4/c1-25-17-6-4-14(5-7-17)11-16(12-20)19(24)26-10-9-22-18(23)15-3-2-8-21-13-15/h2-8,11,13H,9-10H2,1H3,(H,22,23)/b16-11-. The number of ether oxygens (including phenoxy) is 2. The number of esters is 1. The van der Waals surface area contributed by atoms with E-state index in [-0.39, 0.29) is 24.6 Å². The number of carbonyl (C=O) groups excluding carboxylic acids is 2. The average Bonchev–Trinajstić information content (AvgIpc) is 2.70. The lowest BCUT2D eigenvalue weighted by atomic mass is 10.1. The average molecular weight is 351 g/mol. The molecule has 26 heavy (non-hydrogen) atoms. The quantitative estimate of drug-likeness (QED) is 0.354. The summed E-state index contributed by atoms with van der Waals surface area (Å²) in [6, 6.07) is 12.0. The van der Waals surface area contributed by atoms with E-state index in [0.717, 1.165) is 0 Å². The minimum Gasteiger partial charge on any atom is -0.497 e. The maximum atomic E-state index is 12.0. The molecule has 0 fully saturated rings. The second-order valence-electron chi connectivity index (χ2n) is 5.08. The molecular weight excluding hydrogens is 334 g/mol. The van der Waals surface area contributed by atoms with Crippen molar-refractivity contribution in [3.8, 4) is 11.8 Å². The van der Waals surface area contributed by atoms with E-state index < -0.39 is 5.97 Å². The molecular formula is C19H17N3O4. The molecule has 0 radical (unpaired) electrons. The van der Waals surface area contributed by atoms with Gasteiger partial charge in [0.25, 0.3) is 5.91 Å². The molecule has 7 heteroatoms. The Hall–Kier alpha value is -3.66. The van der Waals surface area contributed by atoms with Gasteiger partial charge in [-0.1, -0.05) is 12.1 Å². The lowest BCUT2D eigenvalue weighted by Crippen LogP contribution is -2.28. The molecule has 0 bridgehead atoms. The summed E-state index contributed by atoms with van der Waals surface area (Å²) in [6.45, 7) is 0.0766. The molecule has 0 aliphatic heterocycles. The van der Waals surface area contributed by atoms with Crippen molar-refractivity contribution in [2.75, 3.05) is 20.3 Å². The van der Waals surface area contributed by atoms with Gasteiger partial charge in [0, 0.05) is 12.4 Å². The van der Waals surface area contributed by atoms with E-state index >= 15 is 0 Å². The number of methoxy groups -OCH3 is 1. The SMILES string of the molecule is COc1ccc(/C=C(/C#N)C(=O)OCCNC(=O)c2cccnc2)cc1. The van der Waals surface area contributed by atoms with Gasteiger partial charge < -0.3 is 14.8 Å². The number of pyridine rings is 1. The maximum Gasteiger partial charge on any atom is 0.348 e. The van der Waals surface area contributed by atoms with E-state index in [9.17, 15) is 9.59 Å². The normalized spacial score (nSPS) is 10.5. The fourth-order valence-corrected chi connectivity index (χ4v) is 1.99. The monoisotopic (exact) mass is 351 g/mol. The van der Waals surface area contributed by atoms with Gasteiger partial charge in [-0.05, 0) is 35.9 Å². The first-order chi connectivity index (χ1) is 12.6. The van der Waals surface area contributed by atoms with Crippen LogP contribution in [0.5, 0.6) is 5.75 Å². The number of nitrogens with zero attached hydrogens (tertiary/aromatic N) is 2. The summed E-state index contributed by atoms with van der Waals surface area (Å²) in [4.78, 5) is 27.6. The molecule has 132 valence electrons. The Balaban J connectivity index is 1.84. The van der Waals surface area contributed by atoms with Crippen LogP contribution in [0.3, 0.4) is 0 Å². The van der Waals surface area contributed by atoms with Crippen molar-refractivity contribution in [2.24, 2.45) is 0 Å². The highest BCUT2D eigenvalue weighted by molar-refractivity contribution is 5.98. The number of carbonyl (C=O) groups is 2. The number of aromatic nitrogens is 1. The fraction of sp³-hybridized carbons (Fsp3) is 0.158. The third-order valence-electron chi connectivity index (χ3n) is 3.31. The Morgan fingerprint density at radius 1 is 1.27 bits per heavy atom. The third-order valence-corrected chi connectivity index (χ3v) is 3.31. The fourth-order valence-electron chi connectivity index (χ4n) is 1.99. The van der Waals surface area contributed by atoms with Crippen LogP contribution in [0.15, 0.2) is 54.4 Å². The molecule has 0 unspecified atom stereocenters. The van der Waals surface area contributed by atoms with Crippen LogP contribution in [-0.2, 0) is 9.53 Å². The van der Waals surface area contributed by atoms with Crippen molar-refractivity contribution in [2.45, 2.75) is 0 Å². The summed E-state index contributed by atoms with van der Waals surface area (Å²) in [7, 11) is 1.55. The molecule has 0 aliphatic rings. The third kappa shape index (κ3) is 5.46. The number of rotatable bonds is 7. The molecule has 1 N–H and O–H groups in total. The second kappa shape index (κ2) is 9.59.